The summed E-state index contributed by atoms with van der Waals surface area (Å²) in [4.78, 5) is 25.2. The third kappa shape index (κ3) is 4.56. The zero-order chi connectivity index (χ0) is 11.1. The molecule has 78 valence electrons. The van der Waals surface area contributed by atoms with Gasteiger partial charge < -0.3 is 10.0 Å². The Morgan fingerprint density at radius 3 is 2.29 bits per heavy atom. The molecule has 5 nitrogen and oxygen atoms in total. The molecule has 6 heteroatoms. The molecule has 1 aromatic heterocycles. The van der Waals surface area contributed by atoms with E-state index in [2.05, 4.69) is 4.98 Å². The van der Waals surface area contributed by atoms with Crippen LogP contribution in [-0.4, -0.2) is 41.5 Å². The lowest BCUT2D eigenvalue weighted by Gasteiger charge is -1.93. The van der Waals surface area contributed by atoms with Gasteiger partial charge in [-0.1, -0.05) is 0 Å². The van der Waals surface area contributed by atoms with Crippen LogP contribution in [-0.2, 0) is 4.79 Å². The number of aromatic carboxylic acids is 1. The topological polar surface area (TPSA) is 70.5 Å². The highest BCUT2D eigenvalue weighted by Crippen LogP contribution is 2.10. The fourth-order valence-electron chi connectivity index (χ4n) is 0.507. The normalized spacial score (nSPS) is 8.50. The molecular weight excluding hydrogens is 204 g/mol. The van der Waals surface area contributed by atoms with E-state index in [1.54, 1.807) is 21.0 Å². The van der Waals surface area contributed by atoms with Gasteiger partial charge >= 0.3 is 5.97 Å². The van der Waals surface area contributed by atoms with Gasteiger partial charge in [-0.3, -0.25) is 4.79 Å². The first-order valence-electron chi connectivity index (χ1n) is 3.74. The largest absolute Gasteiger partial charge is 0.477 e. The van der Waals surface area contributed by atoms with Crippen LogP contribution in [0.4, 0.5) is 0 Å². The maximum absolute atomic E-state index is 10.3. The van der Waals surface area contributed by atoms with E-state index in [1.165, 1.54) is 10.4 Å². The maximum atomic E-state index is 10.3. The Morgan fingerprint density at radius 1 is 1.64 bits per heavy atom. The molecule has 0 aliphatic carbocycles. The lowest BCUT2D eigenvalue weighted by Crippen LogP contribution is -2.06. The fourth-order valence-corrected chi connectivity index (χ4v) is 1.15. The van der Waals surface area contributed by atoms with Crippen molar-refractivity contribution in [3.8, 4) is 0 Å². The van der Waals surface area contributed by atoms with E-state index >= 15 is 0 Å². The highest BCUT2D eigenvalue weighted by molar-refractivity contribution is 7.11. The molecule has 1 aromatic rings. The number of aromatic nitrogens is 1. The molecule has 0 atom stereocenters. The summed E-state index contributed by atoms with van der Waals surface area (Å²) in [5.41, 5.74) is 2.12. The third-order valence-corrected chi connectivity index (χ3v) is 2.07. The van der Waals surface area contributed by atoms with Gasteiger partial charge in [-0.05, 0) is 6.92 Å². The number of thiazole rings is 1. The molecule has 0 aromatic carbocycles. The Balaban J connectivity index is 0.000000292. The van der Waals surface area contributed by atoms with Crippen molar-refractivity contribution in [3.63, 3.8) is 0 Å². The van der Waals surface area contributed by atoms with Crippen molar-refractivity contribution in [3.05, 3.63) is 16.1 Å². The number of carbonyl (C=O) groups excluding carboxylic acids is 1. The standard InChI is InChI=1S/C5H5NO2S.C3H7NO/c1-3-4(5(7)8)9-2-6-3;1-4(2)3-5/h2H,1H3,(H,7,8);3H,1-2H3. The van der Waals surface area contributed by atoms with Gasteiger partial charge in [-0.15, -0.1) is 11.3 Å². The SMILES string of the molecule is CN(C)C=O.Cc1ncsc1C(=O)O. The second-order valence-corrected chi connectivity index (χ2v) is 3.50. The van der Waals surface area contributed by atoms with Crippen molar-refractivity contribution in [2.75, 3.05) is 14.1 Å². The Hall–Kier alpha value is -1.43. The average molecular weight is 216 g/mol. The molecule has 1 rings (SSSR count). The van der Waals surface area contributed by atoms with Crippen molar-refractivity contribution in [2.24, 2.45) is 0 Å². The highest BCUT2D eigenvalue weighted by atomic mass is 32.1. The molecule has 14 heavy (non-hydrogen) atoms. The van der Waals surface area contributed by atoms with Crippen LogP contribution >= 0.6 is 11.3 Å². The molecule has 1 N–H and O–H groups in total. The van der Waals surface area contributed by atoms with E-state index in [-0.39, 0.29) is 0 Å². The number of rotatable bonds is 2. The summed E-state index contributed by atoms with van der Waals surface area (Å²) in [6.45, 7) is 1.68. The number of carbonyl (C=O) groups is 2. The van der Waals surface area contributed by atoms with Crippen molar-refractivity contribution in [1.82, 2.24) is 9.88 Å². The average Bonchev–Trinajstić information content (AvgIpc) is 2.52. The molecule has 0 aliphatic rings. The molecule has 0 saturated carbocycles. The van der Waals surface area contributed by atoms with E-state index in [0.29, 0.717) is 10.6 Å². The highest BCUT2D eigenvalue weighted by Gasteiger charge is 2.07. The number of nitrogens with zero attached hydrogens (tertiary/aromatic N) is 2. The molecule has 0 aliphatic heterocycles. The van der Waals surface area contributed by atoms with Gasteiger partial charge in [0.05, 0.1) is 11.2 Å². The number of hydrogen-bond acceptors (Lipinski definition) is 4. The monoisotopic (exact) mass is 216 g/mol. The van der Waals surface area contributed by atoms with Crippen LogP contribution in [0.25, 0.3) is 0 Å². The Labute approximate surface area is 86.0 Å². The van der Waals surface area contributed by atoms with Crippen molar-refractivity contribution >= 4 is 23.7 Å². The van der Waals surface area contributed by atoms with Crippen LogP contribution in [0.2, 0.25) is 0 Å². The molecule has 0 radical (unpaired) electrons. The van der Waals surface area contributed by atoms with E-state index in [9.17, 15) is 9.59 Å². The third-order valence-electron chi connectivity index (χ3n) is 1.15. The number of carboxylic acids is 1. The van der Waals surface area contributed by atoms with Crippen LogP contribution in [0.5, 0.6) is 0 Å². The van der Waals surface area contributed by atoms with Crippen LogP contribution in [0, 0.1) is 6.92 Å². The van der Waals surface area contributed by atoms with E-state index < -0.39 is 5.97 Å². The second kappa shape index (κ2) is 6.09. The summed E-state index contributed by atoms with van der Waals surface area (Å²) in [6.07, 6.45) is 0.750. The molecule has 1 heterocycles. The van der Waals surface area contributed by atoms with E-state index in [4.69, 9.17) is 5.11 Å². The van der Waals surface area contributed by atoms with Gasteiger partial charge in [0.2, 0.25) is 6.41 Å². The minimum absolute atomic E-state index is 0.329. The molecule has 0 spiro atoms. The van der Waals surface area contributed by atoms with Crippen molar-refractivity contribution < 1.29 is 14.7 Å². The van der Waals surface area contributed by atoms with E-state index in [0.717, 1.165) is 17.7 Å². The molecule has 0 bridgehead atoms. The Bertz CT molecular complexity index is 309. The summed E-state index contributed by atoms with van der Waals surface area (Å²) in [6, 6.07) is 0. The summed E-state index contributed by atoms with van der Waals surface area (Å²) in [7, 11) is 3.38. The van der Waals surface area contributed by atoms with Crippen LogP contribution in [0.1, 0.15) is 15.4 Å². The number of amides is 1. The summed E-state index contributed by atoms with van der Waals surface area (Å²) in [5.74, 6) is -0.894. The lowest BCUT2D eigenvalue weighted by atomic mass is 10.4. The Morgan fingerprint density at radius 2 is 2.14 bits per heavy atom. The lowest BCUT2D eigenvalue weighted by molar-refractivity contribution is -0.115. The second-order valence-electron chi connectivity index (χ2n) is 2.64. The predicted octanol–water partition coefficient (Wildman–Crippen LogP) is 0.854. The summed E-state index contributed by atoms with van der Waals surface area (Å²) in [5, 5.41) is 8.42. The first kappa shape index (κ1) is 12.6. The van der Waals surface area contributed by atoms with Crippen LogP contribution in [0.3, 0.4) is 0 Å². The van der Waals surface area contributed by atoms with Gasteiger partial charge in [0, 0.05) is 14.1 Å². The number of aryl methyl sites for hydroxylation is 1. The zero-order valence-electron chi connectivity index (χ0n) is 8.22. The Kier molecular flexibility index (Phi) is 5.47. The van der Waals surface area contributed by atoms with E-state index in [1.807, 2.05) is 0 Å². The quantitative estimate of drug-likeness (QED) is 0.744. The number of hydrogen-bond donors (Lipinski definition) is 1. The minimum Gasteiger partial charge on any atom is -0.477 e. The number of carboxylic acid groups (broad SMARTS) is 1. The molecule has 0 unspecified atom stereocenters. The molecule has 1 amide bonds. The first-order valence-corrected chi connectivity index (χ1v) is 4.62. The fraction of sp³-hybridized carbons (Fsp3) is 0.375. The van der Waals surface area contributed by atoms with Crippen molar-refractivity contribution in [1.29, 1.82) is 0 Å². The van der Waals surface area contributed by atoms with Gasteiger partial charge in [-0.25, -0.2) is 9.78 Å². The smallest absolute Gasteiger partial charge is 0.347 e. The minimum atomic E-state index is -0.894. The van der Waals surface area contributed by atoms with Gasteiger partial charge in [0.25, 0.3) is 0 Å². The van der Waals surface area contributed by atoms with Crippen molar-refractivity contribution in [2.45, 2.75) is 6.92 Å². The van der Waals surface area contributed by atoms with Crippen LogP contribution < -0.4 is 0 Å². The van der Waals surface area contributed by atoms with Gasteiger partial charge in [0.15, 0.2) is 0 Å². The summed E-state index contributed by atoms with van der Waals surface area (Å²) >= 11 is 1.15. The van der Waals surface area contributed by atoms with Crippen LogP contribution in [0.15, 0.2) is 5.51 Å². The maximum Gasteiger partial charge on any atom is 0.347 e. The van der Waals surface area contributed by atoms with Gasteiger partial charge in [-0.2, -0.15) is 0 Å². The molecular formula is C8H12N2O3S. The zero-order valence-corrected chi connectivity index (χ0v) is 9.04. The summed E-state index contributed by atoms with van der Waals surface area (Å²) < 4.78 is 0. The van der Waals surface area contributed by atoms with Gasteiger partial charge in [0.1, 0.15) is 4.88 Å². The molecule has 0 saturated heterocycles. The molecule has 0 fully saturated rings. The first-order chi connectivity index (χ1) is 6.49. The predicted molar refractivity (Wildman–Crippen MR) is 53.6 cm³/mol.